The van der Waals surface area contributed by atoms with Crippen molar-refractivity contribution < 1.29 is 0 Å². The fourth-order valence-corrected chi connectivity index (χ4v) is 3.37. The minimum Gasteiger partial charge on any atom is -0.326 e. The molecular formula is C14H20N2. The summed E-state index contributed by atoms with van der Waals surface area (Å²) in [5.74, 6) is 0.851. The molecule has 16 heavy (non-hydrogen) atoms. The summed E-state index contributed by atoms with van der Waals surface area (Å²) in [6.07, 6.45) is 3.94. The predicted molar refractivity (Wildman–Crippen MR) is 66.0 cm³/mol. The van der Waals surface area contributed by atoms with Gasteiger partial charge in [-0.1, -0.05) is 30.3 Å². The third-order valence-electron chi connectivity index (χ3n) is 4.16. The summed E-state index contributed by atoms with van der Waals surface area (Å²) in [4.78, 5) is 2.59. The third-order valence-corrected chi connectivity index (χ3v) is 4.16. The minimum atomic E-state index is 0.413. The van der Waals surface area contributed by atoms with Crippen LogP contribution < -0.4 is 5.73 Å². The van der Waals surface area contributed by atoms with Gasteiger partial charge in [0.25, 0.3) is 0 Å². The van der Waals surface area contributed by atoms with Crippen LogP contribution in [-0.4, -0.2) is 23.5 Å². The van der Waals surface area contributed by atoms with E-state index in [-0.39, 0.29) is 0 Å². The number of benzene rings is 1. The summed E-state index contributed by atoms with van der Waals surface area (Å²) < 4.78 is 0. The molecule has 0 amide bonds. The van der Waals surface area contributed by atoms with Crippen LogP contribution in [0.3, 0.4) is 0 Å². The van der Waals surface area contributed by atoms with Crippen LogP contribution in [0.15, 0.2) is 30.3 Å². The molecule has 0 aromatic heterocycles. The first-order valence-electron chi connectivity index (χ1n) is 6.36. The van der Waals surface area contributed by atoms with Gasteiger partial charge in [0.05, 0.1) is 0 Å². The van der Waals surface area contributed by atoms with E-state index in [1.807, 2.05) is 0 Å². The smallest absolute Gasteiger partial charge is 0.0251 e. The minimum absolute atomic E-state index is 0.413. The maximum absolute atomic E-state index is 6.22. The van der Waals surface area contributed by atoms with Crippen LogP contribution in [0.1, 0.15) is 24.8 Å². The van der Waals surface area contributed by atoms with Crippen LogP contribution in [0, 0.1) is 5.92 Å². The molecule has 2 heterocycles. The second kappa shape index (κ2) is 4.19. The average molecular weight is 216 g/mol. The van der Waals surface area contributed by atoms with Crippen LogP contribution in [-0.2, 0) is 6.54 Å². The van der Waals surface area contributed by atoms with Gasteiger partial charge in [-0.25, -0.2) is 0 Å². The molecular weight excluding hydrogens is 196 g/mol. The highest BCUT2D eigenvalue weighted by Gasteiger charge is 2.38. The summed E-state index contributed by atoms with van der Waals surface area (Å²) >= 11 is 0. The fourth-order valence-electron chi connectivity index (χ4n) is 3.37. The topological polar surface area (TPSA) is 29.3 Å². The number of piperidine rings is 2. The van der Waals surface area contributed by atoms with Crippen molar-refractivity contribution in [2.45, 2.75) is 37.9 Å². The van der Waals surface area contributed by atoms with E-state index in [9.17, 15) is 0 Å². The molecule has 2 nitrogen and oxygen atoms in total. The van der Waals surface area contributed by atoms with Crippen molar-refractivity contribution in [1.82, 2.24) is 4.90 Å². The van der Waals surface area contributed by atoms with Crippen molar-refractivity contribution in [2.75, 3.05) is 6.54 Å². The Bertz CT molecular complexity index is 349. The summed E-state index contributed by atoms with van der Waals surface area (Å²) in [5.41, 5.74) is 7.64. The second-order valence-corrected chi connectivity index (χ2v) is 5.33. The number of nitrogens with two attached hydrogens (primary N) is 1. The zero-order chi connectivity index (χ0) is 11.0. The Morgan fingerprint density at radius 2 is 2.00 bits per heavy atom. The highest BCUT2D eigenvalue weighted by Crippen LogP contribution is 2.34. The third kappa shape index (κ3) is 1.87. The monoisotopic (exact) mass is 216 g/mol. The molecule has 1 aromatic rings. The molecule has 2 aliphatic heterocycles. The van der Waals surface area contributed by atoms with Gasteiger partial charge < -0.3 is 5.73 Å². The SMILES string of the molecule is NC1CC2CCC1N(Cc1ccccc1)C2. The lowest BCUT2D eigenvalue weighted by Crippen LogP contribution is -2.58. The van der Waals surface area contributed by atoms with E-state index < -0.39 is 0 Å². The Labute approximate surface area is 97.4 Å². The lowest BCUT2D eigenvalue weighted by molar-refractivity contribution is 0.0263. The molecule has 1 saturated carbocycles. The molecule has 2 N–H and O–H groups in total. The van der Waals surface area contributed by atoms with Gasteiger partial charge in [-0.3, -0.25) is 4.90 Å². The van der Waals surface area contributed by atoms with Gasteiger partial charge in [-0.15, -0.1) is 0 Å². The highest BCUT2D eigenvalue weighted by molar-refractivity contribution is 5.15. The summed E-state index contributed by atoms with van der Waals surface area (Å²) in [5, 5.41) is 0. The van der Waals surface area contributed by atoms with E-state index in [0.717, 1.165) is 12.5 Å². The van der Waals surface area contributed by atoms with E-state index in [1.54, 1.807) is 0 Å². The number of nitrogens with zero attached hydrogens (tertiary/aromatic N) is 1. The molecule has 0 radical (unpaired) electrons. The van der Waals surface area contributed by atoms with Gasteiger partial charge in [0.1, 0.15) is 0 Å². The van der Waals surface area contributed by atoms with Crippen molar-refractivity contribution >= 4 is 0 Å². The Balaban J connectivity index is 1.72. The summed E-state index contributed by atoms with van der Waals surface area (Å²) in [6, 6.07) is 11.8. The fraction of sp³-hybridized carbons (Fsp3) is 0.571. The van der Waals surface area contributed by atoms with Gasteiger partial charge in [0.15, 0.2) is 0 Å². The number of fused-ring (bicyclic) bond motifs is 3. The Hall–Kier alpha value is -0.860. The van der Waals surface area contributed by atoms with Crippen LogP contribution in [0.4, 0.5) is 0 Å². The van der Waals surface area contributed by atoms with Gasteiger partial charge in [0, 0.05) is 25.2 Å². The van der Waals surface area contributed by atoms with Crippen molar-refractivity contribution in [3.63, 3.8) is 0 Å². The first-order valence-corrected chi connectivity index (χ1v) is 6.36. The molecule has 3 fully saturated rings. The molecule has 1 aliphatic carbocycles. The maximum Gasteiger partial charge on any atom is 0.0251 e. The molecule has 0 spiro atoms. The van der Waals surface area contributed by atoms with Gasteiger partial charge in [-0.05, 0) is 30.7 Å². The van der Waals surface area contributed by atoms with E-state index >= 15 is 0 Å². The number of hydrogen-bond acceptors (Lipinski definition) is 2. The van der Waals surface area contributed by atoms with E-state index in [2.05, 4.69) is 35.2 Å². The van der Waals surface area contributed by atoms with Crippen LogP contribution in [0.5, 0.6) is 0 Å². The number of rotatable bonds is 2. The van der Waals surface area contributed by atoms with Gasteiger partial charge in [-0.2, -0.15) is 0 Å². The molecule has 86 valence electrons. The zero-order valence-electron chi connectivity index (χ0n) is 9.68. The van der Waals surface area contributed by atoms with Gasteiger partial charge >= 0.3 is 0 Å². The van der Waals surface area contributed by atoms with Crippen LogP contribution in [0.25, 0.3) is 0 Å². The molecule has 4 rings (SSSR count). The normalized spacial score (nSPS) is 34.2. The molecule has 1 aromatic carbocycles. The van der Waals surface area contributed by atoms with Crippen molar-refractivity contribution in [2.24, 2.45) is 11.7 Å². The molecule has 3 atom stereocenters. The lowest BCUT2D eigenvalue weighted by Gasteiger charge is -2.48. The lowest BCUT2D eigenvalue weighted by atomic mass is 9.77. The van der Waals surface area contributed by atoms with E-state index in [4.69, 9.17) is 5.73 Å². The Morgan fingerprint density at radius 1 is 1.19 bits per heavy atom. The second-order valence-electron chi connectivity index (χ2n) is 5.33. The van der Waals surface area contributed by atoms with Crippen molar-refractivity contribution in [3.05, 3.63) is 35.9 Å². The zero-order valence-corrected chi connectivity index (χ0v) is 9.68. The average Bonchev–Trinajstić information content (AvgIpc) is 2.30. The van der Waals surface area contributed by atoms with E-state index in [1.165, 1.54) is 31.4 Å². The first-order chi connectivity index (χ1) is 7.83. The Morgan fingerprint density at radius 3 is 2.69 bits per heavy atom. The molecule has 3 unspecified atom stereocenters. The standard InChI is InChI=1S/C14H20N2/c15-13-8-12-6-7-14(13)16(10-12)9-11-4-2-1-3-5-11/h1-5,12-14H,6-10,15H2. The Kier molecular flexibility index (Phi) is 2.70. The molecule has 2 heteroatoms. The molecule has 3 aliphatic rings. The summed E-state index contributed by atoms with van der Waals surface area (Å²) in [7, 11) is 0. The maximum atomic E-state index is 6.22. The predicted octanol–water partition coefficient (Wildman–Crippen LogP) is 2.00. The largest absolute Gasteiger partial charge is 0.326 e. The quantitative estimate of drug-likeness (QED) is 0.819. The van der Waals surface area contributed by atoms with E-state index in [0.29, 0.717) is 12.1 Å². The number of hydrogen-bond donors (Lipinski definition) is 1. The van der Waals surface area contributed by atoms with Crippen molar-refractivity contribution in [1.29, 1.82) is 0 Å². The highest BCUT2D eigenvalue weighted by atomic mass is 15.2. The molecule has 2 bridgehead atoms. The summed E-state index contributed by atoms with van der Waals surface area (Å²) in [6.45, 7) is 2.34. The van der Waals surface area contributed by atoms with Crippen LogP contribution in [0.2, 0.25) is 0 Å². The first kappa shape index (κ1) is 10.3. The van der Waals surface area contributed by atoms with Gasteiger partial charge in [0.2, 0.25) is 0 Å². The van der Waals surface area contributed by atoms with Crippen molar-refractivity contribution in [3.8, 4) is 0 Å². The van der Waals surface area contributed by atoms with Crippen LogP contribution >= 0.6 is 0 Å². The molecule has 2 saturated heterocycles.